The fourth-order valence-electron chi connectivity index (χ4n) is 4.90. The van der Waals surface area contributed by atoms with Gasteiger partial charge in [-0.15, -0.1) is 0 Å². The summed E-state index contributed by atoms with van der Waals surface area (Å²) in [6, 6.07) is 8.26. The van der Waals surface area contributed by atoms with Crippen molar-refractivity contribution in [1.82, 2.24) is 0 Å². The Hall–Kier alpha value is -3.53. The van der Waals surface area contributed by atoms with Crippen molar-refractivity contribution in [3.8, 4) is 11.5 Å². The van der Waals surface area contributed by atoms with E-state index in [9.17, 15) is 27.9 Å². The maximum Gasteiger partial charge on any atom is 0.416 e. The summed E-state index contributed by atoms with van der Waals surface area (Å²) in [6.45, 7) is 5.82. The summed E-state index contributed by atoms with van der Waals surface area (Å²) in [4.78, 5) is 27.4. The van der Waals surface area contributed by atoms with Crippen molar-refractivity contribution in [2.45, 2.75) is 64.3 Å². The van der Waals surface area contributed by atoms with Gasteiger partial charge in [0.15, 0.2) is 6.10 Å². The first kappa shape index (κ1) is 27.5. The summed E-state index contributed by atoms with van der Waals surface area (Å²) in [7, 11) is 0. The number of rotatable bonds is 7. The van der Waals surface area contributed by atoms with Crippen LogP contribution in [0.2, 0.25) is 0 Å². The third-order valence-corrected chi connectivity index (χ3v) is 7.12. The van der Waals surface area contributed by atoms with E-state index in [1.165, 1.54) is 17.0 Å². The number of amides is 2. The number of alkyl halides is 3. The van der Waals surface area contributed by atoms with Gasteiger partial charge >= 0.3 is 6.18 Å². The molecule has 1 unspecified atom stereocenters. The number of benzene rings is 2. The molecule has 2 aliphatic heterocycles. The van der Waals surface area contributed by atoms with Crippen LogP contribution in [-0.4, -0.2) is 41.8 Å². The number of carbonyl (C=O) groups excluding carboxylic acids is 2. The zero-order valence-electron chi connectivity index (χ0n) is 21.5. The van der Waals surface area contributed by atoms with Gasteiger partial charge in [0.2, 0.25) is 5.91 Å². The zero-order chi connectivity index (χ0) is 27.7. The second-order valence-electron chi connectivity index (χ2n) is 9.42. The molecule has 2 N–H and O–H groups in total. The van der Waals surface area contributed by atoms with Gasteiger partial charge in [0.1, 0.15) is 17.1 Å². The minimum absolute atomic E-state index is 0.106. The number of halogens is 3. The smallest absolute Gasteiger partial charge is 0.416 e. The second-order valence-corrected chi connectivity index (χ2v) is 9.42. The number of aliphatic hydroxyl groups excluding tert-OH is 1. The first-order chi connectivity index (χ1) is 18.0. The number of fused-ring (bicyclic) bond motifs is 2. The van der Waals surface area contributed by atoms with Crippen LogP contribution >= 0.6 is 0 Å². The summed E-state index contributed by atoms with van der Waals surface area (Å²) in [5, 5.41) is 12.0. The van der Waals surface area contributed by atoms with Crippen LogP contribution in [0.5, 0.6) is 11.5 Å². The summed E-state index contributed by atoms with van der Waals surface area (Å²) in [5.41, 5.74) is 0.430. The van der Waals surface area contributed by atoms with Crippen LogP contribution < -0.4 is 19.7 Å². The van der Waals surface area contributed by atoms with Crippen LogP contribution in [0.4, 0.5) is 24.5 Å². The Morgan fingerprint density at radius 1 is 1.16 bits per heavy atom. The molecule has 2 amide bonds. The van der Waals surface area contributed by atoms with Gasteiger partial charge in [-0.2, -0.15) is 13.2 Å². The van der Waals surface area contributed by atoms with Crippen LogP contribution in [0.3, 0.4) is 0 Å². The van der Waals surface area contributed by atoms with E-state index in [-0.39, 0.29) is 24.7 Å². The summed E-state index contributed by atoms with van der Waals surface area (Å²) >= 11 is 0. The van der Waals surface area contributed by atoms with Crippen LogP contribution in [0.15, 0.2) is 42.5 Å². The van der Waals surface area contributed by atoms with Crippen molar-refractivity contribution < 1.29 is 37.3 Å². The van der Waals surface area contributed by atoms with E-state index in [1.807, 2.05) is 20.8 Å². The Bertz CT molecular complexity index is 1250. The summed E-state index contributed by atoms with van der Waals surface area (Å²) < 4.78 is 51.8. The minimum Gasteiger partial charge on any atom is -0.486 e. The number of aliphatic hydroxyl groups is 1. The maximum atomic E-state index is 13.3. The highest BCUT2D eigenvalue weighted by Gasteiger charge is 2.38. The highest BCUT2D eigenvalue weighted by molar-refractivity contribution is 6.06. The highest BCUT2D eigenvalue weighted by atomic mass is 19.4. The van der Waals surface area contributed by atoms with Gasteiger partial charge in [0, 0.05) is 43.3 Å². The fraction of sp³-hybridized carbons (Fsp3) is 0.429. The minimum atomic E-state index is -4.51. The molecule has 0 spiro atoms. The Balaban J connectivity index is 1.63. The van der Waals surface area contributed by atoms with Crippen LogP contribution in [0.25, 0.3) is 5.57 Å². The lowest BCUT2D eigenvalue weighted by Gasteiger charge is -2.39. The van der Waals surface area contributed by atoms with E-state index in [0.29, 0.717) is 54.1 Å². The molecule has 1 atom stereocenters. The molecule has 0 bridgehead atoms. The molecule has 0 saturated carbocycles. The average molecular weight is 533 g/mol. The lowest BCUT2D eigenvalue weighted by molar-refractivity contribution is -0.137. The molecular weight excluding hydrogens is 501 g/mol. The topological polar surface area (TPSA) is 88.1 Å². The number of carbonyl (C=O) groups is 2. The van der Waals surface area contributed by atoms with Gasteiger partial charge in [-0.1, -0.05) is 19.9 Å². The van der Waals surface area contributed by atoms with Gasteiger partial charge in [-0.05, 0) is 55.7 Å². The molecule has 0 aromatic heterocycles. The maximum absolute atomic E-state index is 13.3. The van der Waals surface area contributed by atoms with Crippen molar-refractivity contribution in [1.29, 1.82) is 0 Å². The van der Waals surface area contributed by atoms with Crippen LogP contribution in [0, 0.1) is 0 Å². The molecule has 38 heavy (non-hydrogen) atoms. The van der Waals surface area contributed by atoms with E-state index >= 15 is 0 Å². The van der Waals surface area contributed by atoms with Crippen molar-refractivity contribution in [3.63, 3.8) is 0 Å². The largest absolute Gasteiger partial charge is 0.486 e. The van der Waals surface area contributed by atoms with Gasteiger partial charge < -0.3 is 24.8 Å². The molecule has 0 saturated heterocycles. The number of likely N-dealkylation sites (N-methyl/N-ethyl adjacent to an activating group) is 1. The molecular formula is C28H31F3N2O5. The number of hydrogen-bond acceptors (Lipinski definition) is 5. The normalized spacial score (nSPS) is 19.3. The molecule has 204 valence electrons. The quantitative estimate of drug-likeness (QED) is 0.456. The molecule has 10 heteroatoms. The van der Waals surface area contributed by atoms with E-state index < -0.39 is 29.4 Å². The first-order valence-electron chi connectivity index (χ1n) is 12.7. The monoisotopic (exact) mass is 532 g/mol. The third-order valence-electron chi connectivity index (χ3n) is 7.12. The van der Waals surface area contributed by atoms with Gasteiger partial charge in [0.25, 0.3) is 5.91 Å². The molecule has 2 aromatic carbocycles. The Morgan fingerprint density at radius 2 is 1.89 bits per heavy atom. The molecule has 7 nitrogen and oxygen atoms in total. The van der Waals surface area contributed by atoms with E-state index in [4.69, 9.17) is 9.47 Å². The SMILES string of the molecule is CCN1C(=O)C(CCO)Oc2ccc(NC(=O)C=C3CC(CC)(CC)Oc4cc(C(F)(F)F)ccc43)cc21. The standard InChI is InChI=1S/C28H31F3N2O5/c1-4-27(5-2)16-17(20-9-7-18(28(29,30)31)14-24(20)38-27)13-25(35)32-19-8-10-22-21(15-19)33(6-3)26(36)23(37-22)11-12-34/h7-10,13-15,23,34H,4-6,11-12,16H2,1-3H3,(H,32,35). The van der Waals surface area contributed by atoms with Crippen molar-refractivity contribution in [3.05, 3.63) is 53.6 Å². The van der Waals surface area contributed by atoms with Crippen molar-refractivity contribution >= 4 is 28.8 Å². The Labute approximate surface area is 219 Å². The molecule has 2 heterocycles. The van der Waals surface area contributed by atoms with E-state index in [1.54, 1.807) is 18.2 Å². The molecule has 2 aliphatic rings. The summed E-state index contributed by atoms with van der Waals surface area (Å²) in [6.07, 6.45) is -2.24. The molecule has 0 aliphatic carbocycles. The van der Waals surface area contributed by atoms with Gasteiger partial charge in [-0.25, -0.2) is 0 Å². The average Bonchev–Trinajstić information content (AvgIpc) is 2.88. The van der Waals surface area contributed by atoms with E-state index in [0.717, 1.165) is 12.1 Å². The first-order valence-corrected chi connectivity index (χ1v) is 12.7. The molecule has 0 radical (unpaired) electrons. The number of ether oxygens (including phenoxy) is 2. The molecule has 0 fully saturated rings. The molecule has 2 aromatic rings. The predicted molar refractivity (Wildman–Crippen MR) is 137 cm³/mol. The third kappa shape index (κ3) is 5.36. The van der Waals surface area contributed by atoms with Crippen molar-refractivity contribution in [2.75, 3.05) is 23.4 Å². The fourth-order valence-corrected chi connectivity index (χ4v) is 4.90. The lowest BCUT2D eigenvalue weighted by atomic mass is 9.83. The lowest BCUT2D eigenvalue weighted by Crippen LogP contribution is -2.46. The highest BCUT2D eigenvalue weighted by Crippen LogP contribution is 2.45. The van der Waals surface area contributed by atoms with Crippen LogP contribution in [-0.2, 0) is 15.8 Å². The number of nitrogens with zero attached hydrogens (tertiary/aromatic N) is 1. The Morgan fingerprint density at radius 3 is 2.53 bits per heavy atom. The number of hydrogen-bond donors (Lipinski definition) is 2. The molecule has 4 rings (SSSR count). The van der Waals surface area contributed by atoms with Crippen molar-refractivity contribution in [2.24, 2.45) is 0 Å². The predicted octanol–water partition coefficient (Wildman–Crippen LogP) is 5.57. The van der Waals surface area contributed by atoms with Gasteiger partial charge in [-0.3, -0.25) is 9.59 Å². The summed E-state index contributed by atoms with van der Waals surface area (Å²) in [5.74, 6) is -0.157. The number of anilines is 2. The number of nitrogens with one attached hydrogen (secondary N) is 1. The zero-order valence-corrected chi connectivity index (χ0v) is 21.5. The van der Waals surface area contributed by atoms with E-state index in [2.05, 4.69) is 5.32 Å². The van der Waals surface area contributed by atoms with Crippen LogP contribution in [0.1, 0.15) is 57.6 Å². The second kappa shape index (κ2) is 10.7. The Kier molecular flexibility index (Phi) is 7.73. The van der Waals surface area contributed by atoms with Gasteiger partial charge in [0.05, 0.1) is 11.3 Å².